The van der Waals surface area contributed by atoms with Crippen molar-refractivity contribution in [3.63, 3.8) is 0 Å². The molecule has 0 saturated carbocycles. The average molecular weight is 883 g/mol. The Morgan fingerprint density at radius 2 is 0.571 bits per heavy atom. The number of ether oxygens (including phenoxy) is 3. The summed E-state index contributed by atoms with van der Waals surface area (Å²) in [6.07, 6.45) is 62.3. The van der Waals surface area contributed by atoms with Crippen LogP contribution in [-0.2, 0) is 28.6 Å². The first-order chi connectivity index (χ1) is 31.0. The zero-order valence-corrected chi connectivity index (χ0v) is 41.8. The summed E-state index contributed by atoms with van der Waals surface area (Å²) in [5.41, 5.74) is 0. The van der Waals surface area contributed by atoms with Crippen LogP contribution >= 0.6 is 0 Å². The van der Waals surface area contributed by atoms with E-state index in [-0.39, 0.29) is 31.1 Å². The minimum Gasteiger partial charge on any atom is -0.462 e. The summed E-state index contributed by atoms with van der Waals surface area (Å²) in [6, 6.07) is 0. The maximum atomic E-state index is 12.8. The molecule has 0 aromatic heterocycles. The zero-order valence-electron chi connectivity index (χ0n) is 41.8. The quantitative estimate of drug-likeness (QED) is 0.0262. The minimum atomic E-state index is -0.785. The zero-order chi connectivity index (χ0) is 45.8. The van der Waals surface area contributed by atoms with Gasteiger partial charge in [-0.25, -0.2) is 0 Å². The van der Waals surface area contributed by atoms with Gasteiger partial charge >= 0.3 is 17.9 Å². The highest BCUT2D eigenvalue weighted by Crippen LogP contribution is 2.14. The largest absolute Gasteiger partial charge is 0.462 e. The average Bonchev–Trinajstić information content (AvgIpc) is 3.28. The number of rotatable bonds is 49. The van der Waals surface area contributed by atoms with Crippen LogP contribution in [0.2, 0.25) is 0 Å². The van der Waals surface area contributed by atoms with Crippen molar-refractivity contribution in [2.45, 2.75) is 284 Å². The normalized spacial score (nSPS) is 12.4. The first-order valence-electron chi connectivity index (χ1n) is 27.1. The molecule has 0 aliphatic rings. The van der Waals surface area contributed by atoms with E-state index < -0.39 is 6.10 Å². The van der Waals surface area contributed by atoms with Gasteiger partial charge in [-0.2, -0.15) is 0 Å². The van der Waals surface area contributed by atoms with E-state index in [1.165, 1.54) is 141 Å². The van der Waals surface area contributed by atoms with Crippen LogP contribution in [0, 0.1) is 0 Å². The first kappa shape index (κ1) is 60.4. The van der Waals surface area contributed by atoms with Gasteiger partial charge in [0.2, 0.25) is 0 Å². The second kappa shape index (κ2) is 52.0. The molecule has 0 radical (unpaired) electrons. The third-order valence-electron chi connectivity index (χ3n) is 11.8. The van der Waals surface area contributed by atoms with E-state index in [0.717, 1.165) is 96.3 Å². The van der Waals surface area contributed by atoms with Gasteiger partial charge in [0.05, 0.1) is 0 Å². The highest BCUT2D eigenvalue weighted by Gasteiger charge is 2.19. The van der Waals surface area contributed by atoms with E-state index in [1.807, 2.05) is 0 Å². The molecule has 1 atom stereocenters. The SMILES string of the molecule is CCCCC/C=C/C/C=C/CCCCCCCC(=O)OCC(COC(=O)CCCCCCC/C=C/CCCCCCCC)OC(=O)CCCCCCC/C=C/CCCCCCCC. The number of esters is 3. The second-order valence-electron chi connectivity index (χ2n) is 18.1. The van der Waals surface area contributed by atoms with Crippen LogP contribution in [0.4, 0.5) is 0 Å². The van der Waals surface area contributed by atoms with Crippen molar-refractivity contribution in [2.75, 3.05) is 13.2 Å². The lowest BCUT2D eigenvalue weighted by atomic mass is 10.1. The van der Waals surface area contributed by atoms with E-state index in [1.54, 1.807) is 0 Å². The van der Waals surface area contributed by atoms with Crippen molar-refractivity contribution in [3.8, 4) is 0 Å². The predicted octanol–water partition coefficient (Wildman–Crippen LogP) is 17.9. The molecule has 0 aromatic rings. The van der Waals surface area contributed by atoms with Crippen molar-refractivity contribution in [1.29, 1.82) is 0 Å². The van der Waals surface area contributed by atoms with Crippen LogP contribution in [0.1, 0.15) is 278 Å². The highest BCUT2D eigenvalue weighted by atomic mass is 16.6. The molecule has 0 aliphatic carbocycles. The van der Waals surface area contributed by atoms with Crippen LogP contribution in [0.3, 0.4) is 0 Å². The summed E-state index contributed by atoms with van der Waals surface area (Å²) in [4.78, 5) is 38.0. The molecule has 0 heterocycles. The van der Waals surface area contributed by atoms with Crippen molar-refractivity contribution >= 4 is 17.9 Å². The monoisotopic (exact) mass is 883 g/mol. The molecule has 0 bridgehead atoms. The third-order valence-corrected chi connectivity index (χ3v) is 11.8. The van der Waals surface area contributed by atoms with Gasteiger partial charge in [0.25, 0.3) is 0 Å². The maximum Gasteiger partial charge on any atom is 0.306 e. The summed E-state index contributed by atoms with van der Waals surface area (Å²) in [7, 11) is 0. The van der Waals surface area contributed by atoms with Gasteiger partial charge < -0.3 is 14.2 Å². The van der Waals surface area contributed by atoms with Crippen LogP contribution in [0.25, 0.3) is 0 Å². The third kappa shape index (κ3) is 50.2. The summed E-state index contributed by atoms with van der Waals surface area (Å²) in [6.45, 7) is 6.59. The molecule has 366 valence electrons. The molecule has 1 unspecified atom stereocenters. The molecule has 0 spiro atoms. The van der Waals surface area contributed by atoms with Crippen LogP contribution in [0.15, 0.2) is 48.6 Å². The lowest BCUT2D eigenvalue weighted by Gasteiger charge is -2.18. The van der Waals surface area contributed by atoms with E-state index in [9.17, 15) is 14.4 Å². The van der Waals surface area contributed by atoms with Crippen molar-refractivity contribution in [3.05, 3.63) is 48.6 Å². The summed E-state index contributed by atoms with van der Waals surface area (Å²) >= 11 is 0. The molecule has 6 heteroatoms. The molecule has 0 aliphatic heterocycles. The van der Waals surface area contributed by atoms with E-state index in [4.69, 9.17) is 14.2 Å². The molecule has 0 N–H and O–H groups in total. The minimum absolute atomic E-state index is 0.0843. The molecule has 0 aromatic carbocycles. The Labute approximate surface area is 390 Å². The lowest BCUT2D eigenvalue weighted by Crippen LogP contribution is -2.30. The Kier molecular flexibility index (Phi) is 49.8. The van der Waals surface area contributed by atoms with Gasteiger partial charge in [-0.15, -0.1) is 0 Å². The van der Waals surface area contributed by atoms with E-state index in [0.29, 0.717) is 19.3 Å². The topological polar surface area (TPSA) is 78.9 Å². The van der Waals surface area contributed by atoms with Crippen LogP contribution < -0.4 is 0 Å². The number of allylic oxidation sites excluding steroid dienone is 8. The predicted molar refractivity (Wildman–Crippen MR) is 270 cm³/mol. The maximum absolute atomic E-state index is 12.8. The van der Waals surface area contributed by atoms with Crippen molar-refractivity contribution in [1.82, 2.24) is 0 Å². The van der Waals surface area contributed by atoms with Gasteiger partial charge in [0.1, 0.15) is 13.2 Å². The Bertz CT molecular complexity index is 1110. The second-order valence-corrected chi connectivity index (χ2v) is 18.1. The van der Waals surface area contributed by atoms with Gasteiger partial charge in [-0.3, -0.25) is 14.4 Å². The van der Waals surface area contributed by atoms with Gasteiger partial charge in [-0.1, -0.05) is 204 Å². The molecule has 0 fully saturated rings. The Hall–Kier alpha value is -2.63. The summed E-state index contributed by atoms with van der Waals surface area (Å²) < 4.78 is 16.8. The van der Waals surface area contributed by atoms with Crippen LogP contribution in [0.5, 0.6) is 0 Å². The highest BCUT2D eigenvalue weighted by molar-refractivity contribution is 5.71. The molecular weight excluding hydrogens is 781 g/mol. The standard InChI is InChI=1S/C57H102O6/c1-4-7-10-13-16-19-22-25-28-31-34-37-40-43-46-49-55(58)61-52-54(63-57(60)51-48-45-42-39-36-33-30-27-24-21-18-15-12-9-6-3)53-62-56(59)50-47-44-41-38-35-32-29-26-23-20-17-14-11-8-5-2/h16,19,25-30,54H,4-15,17-18,20-24,31-53H2,1-3H3/b19-16+,28-25+,29-26+,30-27+. The molecular formula is C57H102O6. The van der Waals surface area contributed by atoms with Crippen molar-refractivity contribution in [2.24, 2.45) is 0 Å². The van der Waals surface area contributed by atoms with Gasteiger partial charge in [0, 0.05) is 19.3 Å². The number of carbonyl (C=O) groups is 3. The molecule has 63 heavy (non-hydrogen) atoms. The number of unbranched alkanes of at least 4 members (excludes halogenated alkanes) is 30. The smallest absolute Gasteiger partial charge is 0.306 e. The summed E-state index contributed by atoms with van der Waals surface area (Å²) in [5.74, 6) is -0.906. The number of hydrogen-bond acceptors (Lipinski definition) is 6. The molecule has 0 amide bonds. The molecule has 0 saturated heterocycles. The Morgan fingerprint density at radius 1 is 0.317 bits per heavy atom. The van der Waals surface area contributed by atoms with Gasteiger partial charge in [-0.05, 0) is 103 Å². The van der Waals surface area contributed by atoms with Gasteiger partial charge in [0.15, 0.2) is 6.10 Å². The molecule has 6 nitrogen and oxygen atoms in total. The summed E-state index contributed by atoms with van der Waals surface area (Å²) in [5, 5.41) is 0. The fourth-order valence-corrected chi connectivity index (χ4v) is 7.64. The van der Waals surface area contributed by atoms with Crippen molar-refractivity contribution < 1.29 is 28.6 Å². The van der Waals surface area contributed by atoms with Crippen LogP contribution in [-0.4, -0.2) is 37.2 Å². The number of carbonyl (C=O) groups excluding carboxylic acids is 3. The molecule has 0 rings (SSSR count). The fraction of sp³-hybridized carbons (Fsp3) is 0.807. The fourth-order valence-electron chi connectivity index (χ4n) is 7.64. The lowest BCUT2D eigenvalue weighted by molar-refractivity contribution is -0.167. The van der Waals surface area contributed by atoms with E-state index >= 15 is 0 Å². The Balaban J connectivity index is 4.41. The Morgan fingerprint density at radius 3 is 0.921 bits per heavy atom. The van der Waals surface area contributed by atoms with E-state index in [2.05, 4.69) is 69.4 Å². The number of hydrogen-bond donors (Lipinski definition) is 0. The first-order valence-corrected chi connectivity index (χ1v) is 27.1.